The monoisotopic (exact) mass is 260 g/mol. The molecule has 1 aliphatic rings. The van der Waals surface area contributed by atoms with E-state index in [9.17, 15) is 9.59 Å². The van der Waals surface area contributed by atoms with Crippen LogP contribution in [0.1, 0.15) is 26.7 Å². The summed E-state index contributed by atoms with van der Waals surface area (Å²) >= 11 is 0. The second-order valence-electron chi connectivity index (χ2n) is 5.12. The molecule has 2 N–H and O–H groups in total. The molecule has 1 fully saturated rings. The molecule has 0 saturated heterocycles. The van der Waals surface area contributed by atoms with Crippen molar-refractivity contribution >= 4 is 17.5 Å². The van der Waals surface area contributed by atoms with Gasteiger partial charge in [0.1, 0.15) is 0 Å². The van der Waals surface area contributed by atoms with E-state index in [1.54, 1.807) is 0 Å². The number of hydrogen-bond acceptors (Lipinski definition) is 2. The van der Waals surface area contributed by atoms with Gasteiger partial charge in [0, 0.05) is 11.7 Å². The summed E-state index contributed by atoms with van der Waals surface area (Å²) in [4.78, 5) is 23.8. The van der Waals surface area contributed by atoms with Crippen molar-refractivity contribution in [2.24, 2.45) is 11.8 Å². The average molecular weight is 260 g/mol. The van der Waals surface area contributed by atoms with Crippen molar-refractivity contribution < 1.29 is 9.59 Å². The highest BCUT2D eigenvalue weighted by Crippen LogP contribution is 2.39. The van der Waals surface area contributed by atoms with Crippen LogP contribution in [0.2, 0.25) is 0 Å². The second-order valence-corrected chi connectivity index (χ2v) is 5.12. The van der Waals surface area contributed by atoms with Gasteiger partial charge in [0.05, 0.1) is 11.8 Å². The Morgan fingerprint density at radius 3 is 2.47 bits per heavy atom. The van der Waals surface area contributed by atoms with Crippen molar-refractivity contribution in [2.75, 3.05) is 5.32 Å². The van der Waals surface area contributed by atoms with Gasteiger partial charge in [-0.1, -0.05) is 25.1 Å². The van der Waals surface area contributed by atoms with Crippen LogP contribution < -0.4 is 10.6 Å². The number of para-hydroxylation sites is 1. The van der Waals surface area contributed by atoms with Crippen LogP contribution >= 0.6 is 0 Å². The summed E-state index contributed by atoms with van der Waals surface area (Å²) in [6.07, 6.45) is 1.56. The molecule has 19 heavy (non-hydrogen) atoms. The minimum absolute atomic E-state index is 0.00237. The molecule has 1 aliphatic carbocycles. The molecule has 2 amide bonds. The molecule has 0 heterocycles. The minimum atomic E-state index is -0.177. The number of rotatable bonds is 5. The number of hydrogen-bond donors (Lipinski definition) is 2. The van der Waals surface area contributed by atoms with Crippen LogP contribution in [0.3, 0.4) is 0 Å². The highest BCUT2D eigenvalue weighted by atomic mass is 16.2. The molecular weight excluding hydrogens is 240 g/mol. The first kappa shape index (κ1) is 13.6. The Bertz CT molecular complexity index is 458. The molecule has 1 saturated carbocycles. The van der Waals surface area contributed by atoms with E-state index in [2.05, 4.69) is 10.6 Å². The smallest absolute Gasteiger partial charge is 0.228 e. The summed E-state index contributed by atoms with van der Waals surface area (Å²) in [7, 11) is 0. The van der Waals surface area contributed by atoms with Crippen LogP contribution in [0.4, 0.5) is 5.69 Å². The first-order chi connectivity index (χ1) is 9.11. The zero-order valence-electron chi connectivity index (χ0n) is 11.3. The summed E-state index contributed by atoms with van der Waals surface area (Å²) in [5.74, 6) is -0.389. The summed E-state index contributed by atoms with van der Waals surface area (Å²) in [5.41, 5.74) is 0.778. The number of anilines is 1. The molecule has 1 aromatic rings. The molecule has 4 heteroatoms. The third-order valence-electron chi connectivity index (χ3n) is 3.51. The zero-order valence-corrected chi connectivity index (χ0v) is 11.3. The fraction of sp³-hybridized carbons (Fsp3) is 0.467. The lowest BCUT2D eigenvalue weighted by Crippen LogP contribution is -2.34. The largest absolute Gasteiger partial charge is 0.353 e. The Morgan fingerprint density at radius 2 is 1.84 bits per heavy atom. The Kier molecular flexibility index (Phi) is 4.20. The molecule has 0 aliphatic heterocycles. The van der Waals surface area contributed by atoms with Crippen molar-refractivity contribution in [2.45, 2.75) is 32.7 Å². The maximum Gasteiger partial charge on any atom is 0.228 e. The van der Waals surface area contributed by atoms with Crippen molar-refractivity contribution in [1.29, 1.82) is 0 Å². The SMILES string of the molecule is CCC(C)NC(=O)C1CC1C(=O)Nc1ccccc1. The van der Waals surface area contributed by atoms with Gasteiger partial charge in [-0.3, -0.25) is 9.59 Å². The van der Waals surface area contributed by atoms with Gasteiger partial charge >= 0.3 is 0 Å². The molecular formula is C15H20N2O2. The van der Waals surface area contributed by atoms with E-state index in [-0.39, 0.29) is 29.7 Å². The maximum absolute atomic E-state index is 12.0. The molecule has 0 bridgehead atoms. The van der Waals surface area contributed by atoms with Gasteiger partial charge in [-0.05, 0) is 31.9 Å². The number of amides is 2. The zero-order chi connectivity index (χ0) is 13.8. The number of benzene rings is 1. The molecule has 102 valence electrons. The quantitative estimate of drug-likeness (QED) is 0.852. The third-order valence-corrected chi connectivity index (χ3v) is 3.51. The highest BCUT2D eigenvalue weighted by molar-refractivity contribution is 5.99. The van der Waals surface area contributed by atoms with Gasteiger partial charge in [-0.2, -0.15) is 0 Å². The lowest BCUT2D eigenvalue weighted by Gasteiger charge is -2.11. The van der Waals surface area contributed by atoms with E-state index in [0.717, 1.165) is 12.1 Å². The van der Waals surface area contributed by atoms with E-state index in [1.165, 1.54) is 0 Å². The molecule has 4 nitrogen and oxygen atoms in total. The lowest BCUT2D eigenvalue weighted by molar-refractivity contribution is -0.125. The minimum Gasteiger partial charge on any atom is -0.353 e. The van der Waals surface area contributed by atoms with Crippen LogP contribution in [0, 0.1) is 11.8 Å². The van der Waals surface area contributed by atoms with Crippen molar-refractivity contribution in [3.05, 3.63) is 30.3 Å². The predicted molar refractivity (Wildman–Crippen MR) is 74.6 cm³/mol. The van der Waals surface area contributed by atoms with Crippen LogP contribution in [0.25, 0.3) is 0 Å². The number of carbonyl (C=O) groups is 2. The third kappa shape index (κ3) is 3.56. The Balaban J connectivity index is 1.82. The lowest BCUT2D eigenvalue weighted by atomic mass is 10.2. The van der Waals surface area contributed by atoms with Crippen LogP contribution in [-0.2, 0) is 9.59 Å². The van der Waals surface area contributed by atoms with E-state index in [1.807, 2.05) is 44.2 Å². The van der Waals surface area contributed by atoms with E-state index in [4.69, 9.17) is 0 Å². The number of nitrogens with one attached hydrogen (secondary N) is 2. The average Bonchev–Trinajstić information content (AvgIpc) is 3.20. The van der Waals surface area contributed by atoms with Crippen molar-refractivity contribution in [3.63, 3.8) is 0 Å². The summed E-state index contributed by atoms with van der Waals surface area (Å²) in [5, 5.41) is 5.76. The molecule has 0 radical (unpaired) electrons. The van der Waals surface area contributed by atoms with Gasteiger partial charge in [0.2, 0.25) is 11.8 Å². The van der Waals surface area contributed by atoms with Crippen molar-refractivity contribution in [3.8, 4) is 0 Å². The van der Waals surface area contributed by atoms with Crippen molar-refractivity contribution in [1.82, 2.24) is 5.32 Å². The highest BCUT2D eigenvalue weighted by Gasteiger charge is 2.48. The van der Waals surface area contributed by atoms with Gasteiger partial charge in [-0.15, -0.1) is 0 Å². The van der Waals surface area contributed by atoms with Crippen LogP contribution in [-0.4, -0.2) is 17.9 Å². The summed E-state index contributed by atoms with van der Waals surface area (Å²) in [6, 6.07) is 9.50. The van der Waals surface area contributed by atoms with Crippen LogP contribution in [0.5, 0.6) is 0 Å². The molecule has 3 unspecified atom stereocenters. The van der Waals surface area contributed by atoms with Gasteiger partial charge in [-0.25, -0.2) is 0 Å². The number of carbonyl (C=O) groups excluding carboxylic acids is 2. The topological polar surface area (TPSA) is 58.2 Å². The fourth-order valence-corrected chi connectivity index (χ4v) is 1.98. The van der Waals surface area contributed by atoms with E-state index >= 15 is 0 Å². The van der Waals surface area contributed by atoms with Gasteiger partial charge < -0.3 is 10.6 Å². The predicted octanol–water partition coefficient (Wildman–Crippen LogP) is 2.18. The first-order valence-electron chi connectivity index (χ1n) is 6.78. The molecule has 1 aromatic carbocycles. The molecule has 2 rings (SSSR count). The van der Waals surface area contributed by atoms with Gasteiger partial charge in [0.15, 0.2) is 0 Å². The van der Waals surface area contributed by atoms with E-state index < -0.39 is 0 Å². The molecule has 3 atom stereocenters. The standard InChI is InChI=1S/C15H20N2O2/c1-3-10(2)16-14(18)12-9-13(12)15(19)17-11-7-5-4-6-8-11/h4-8,10,12-13H,3,9H2,1-2H3,(H,16,18)(H,17,19). The normalized spacial score (nSPS) is 22.4. The maximum atomic E-state index is 12.0. The Morgan fingerprint density at radius 1 is 1.21 bits per heavy atom. The summed E-state index contributed by atoms with van der Waals surface area (Å²) in [6.45, 7) is 4.00. The Hall–Kier alpha value is -1.84. The Labute approximate surface area is 113 Å². The molecule has 0 spiro atoms. The van der Waals surface area contributed by atoms with E-state index in [0.29, 0.717) is 6.42 Å². The summed E-state index contributed by atoms with van der Waals surface area (Å²) < 4.78 is 0. The van der Waals surface area contributed by atoms with Crippen LogP contribution in [0.15, 0.2) is 30.3 Å². The fourth-order valence-electron chi connectivity index (χ4n) is 1.98. The molecule has 0 aromatic heterocycles. The van der Waals surface area contributed by atoms with Gasteiger partial charge in [0.25, 0.3) is 0 Å². The second kappa shape index (κ2) is 5.87. The first-order valence-corrected chi connectivity index (χ1v) is 6.78.